The molecule has 0 spiro atoms. The van der Waals surface area contributed by atoms with Gasteiger partial charge in [0.05, 0.1) is 22.1 Å². The highest BCUT2D eigenvalue weighted by atomic mass is 15.0. The SMILES string of the molecule is c1cc2c3c(c1)-n1c4ccc5c6ccccc6c6ccccc6c5c4c4c5c6ccccc6c6ccccc6c5cc(c41)B3c1cc3c4ccccc4c4ccccc4c3c3c4ccccc4n-2c13. The van der Waals surface area contributed by atoms with Gasteiger partial charge in [-0.25, -0.2) is 0 Å². The predicted molar refractivity (Wildman–Crippen MR) is 297 cm³/mol. The van der Waals surface area contributed by atoms with Gasteiger partial charge in [-0.3, -0.25) is 0 Å². The van der Waals surface area contributed by atoms with Gasteiger partial charge in [-0.15, -0.1) is 0 Å². The van der Waals surface area contributed by atoms with Gasteiger partial charge in [-0.05, 0) is 121 Å². The summed E-state index contributed by atoms with van der Waals surface area (Å²) in [6.45, 7) is -0.0390. The van der Waals surface area contributed by atoms with Crippen LogP contribution >= 0.6 is 0 Å². The van der Waals surface area contributed by atoms with Crippen LogP contribution in [0.5, 0.6) is 0 Å². The number of hydrogen-bond acceptors (Lipinski definition) is 0. The first kappa shape index (κ1) is 35.3. The average molecular weight is 867 g/mol. The Hall–Kier alpha value is -8.92. The van der Waals surface area contributed by atoms with Gasteiger partial charge in [0.15, 0.2) is 0 Å². The van der Waals surface area contributed by atoms with Crippen molar-refractivity contribution in [3.05, 3.63) is 212 Å². The summed E-state index contributed by atoms with van der Waals surface area (Å²) in [5.41, 5.74) is 11.8. The molecule has 3 heteroatoms. The van der Waals surface area contributed by atoms with Gasteiger partial charge in [-0.2, -0.15) is 0 Å². The second-order valence-electron chi connectivity index (χ2n) is 19.7. The molecule has 0 fully saturated rings. The number of fused-ring (bicyclic) bond motifs is 31. The number of rotatable bonds is 0. The van der Waals surface area contributed by atoms with Crippen LogP contribution < -0.4 is 16.4 Å². The Morgan fingerprint density at radius 1 is 0.232 bits per heavy atom. The topological polar surface area (TPSA) is 9.86 Å². The molecule has 69 heavy (non-hydrogen) atoms. The molecule has 0 radical (unpaired) electrons. The number of benzene rings is 14. The smallest absolute Gasteiger partial charge is 0.252 e. The molecular weight excluding hydrogens is 832 g/mol. The minimum Gasteiger partial charge on any atom is -0.310 e. The summed E-state index contributed by atoms with van der Waals surface area (Å²) in [7, 11) is 0. The first-order valence-electron chi connectivity index (χ1n) is 24.3. The van der Waals surface area contributed by atoms with Crippen molar-refractivity contribution in [1.82, 2.24) is 9.13 Å². The zero-order chi connectivity index (χ0) is 44.4. The van der Waals surface area contributed by atoms with Gasteiger partial charge >= 0.3 is 0 Å². The Morgan fingerprint density at radius 2 is 0.580 bits per heavy atom. The van der Waals surface area contributed by atoms with Gasteiger partial charge in [-0.1, -0.05) is 188 Å². The molecule has 0 atom stereocenters. The Balaban J connectivity index is 1.15. The fraction of sp³-hybridized carbons (Fsp3) is 0. The molecule has 18 rings (SSSR count). The maximum absolute atomic E-state index is 2.68. The Kier molecular flexibility index (Phi) is 6.22. The van der Waals surface area contributed by atoms with E-state index in [-0.39, 0.29) is 6.71 Å². The van der Waals surface area contributed by atoms with Crippen LogP contribution in [0.3, 0.4) is 0 Å². The molecule has 0 N–H and O–H groups in total. The third kappa shape index (κ3) is 4.01. The van der Waals surface area contributed by atoms with Crippen LogP contribution in [-0.2, 0) is 0 Å². The molecule has 2 aliphatic rings. The van der Waals surface area contributed by atoms with Crippen LogP contribution in [0, 0.1) is 0 Å². The van der Waals surface area contributed by atoms with Gasteiger partial charge in [0.1, 0.15) is 0 Å². The van der Waals surface area contributed by atoms with E-state index in [9.17, 15) is 0 Å². The quantitative estimate of drug-likeness (QED) is 0.106. The van der Waals surface area contributed by atoms with E-state index in [0.29, 0.717) is 0 Å². The lowest BCUT2D eigenvalue weighted by Crippen LogP contribution is -2.59. The zero-order valence-electron chi connectivity index (χ0n) is 37.2. The molecule has 2 aromatic heterocycles. The van der Waals surface area contributed by atoms with E-state index in [1.165, 1.54) is 168 Å². The van der Waals surface area contributed by atoms with E-state index in [1.54, 1.807) is 0 Å². The standard InChI is InChI=1S/C66H35BN2/c1-4-22-42-36(16-1)39-19-7-10-25-45(39)58-48(42)32-33-55-62(58)63-60-47-27-12-9-21-41(47)38-18-3-6-24-44(38)51(60)35-53-66(63)69(55)57-31-15-30-56-64(57)67(53)52-34-50-43-23-5-2-17-37(43)40-20-8-11-26-46(40)59(50)61-49-28-13-14-29-54(49)68(56)65(52)61/h1-35H. The van der Waals surface area contributed by atoms with E-state index in [0.717, 1.165) is 0 Å². The van der Waals surface area contributed by atoms with Crippen molar-refractivity contribution < 1.29 is 0 Å². The van der Waals surface area contributed by atoms with Gasteiger partial charge in [0.2, 0.25) is 0 Å². The van der Waals surface area contributed by atoms with Crippen LogP contribution in [0.1, 0.15) is 0 Å². The normalized spacial score (nSPS) is 13.2. The molecule has 0 unspecified atom stereocenters. The lowest BCUT2D eigenvalue weighted by Gasteiger charge is -2.34. The molecule has 16 aromatic rings. The molecule has 2 aliphatic heterocycles. The summed E-state index contributed by atoms with van der Waals surface area (Å²) >= 11 is 0. The minimum absolute atomic E-state index is 0.0390. The highest BCUT2D eigenvalue weighted by Gasteiger charge is 2.42. The highest BCUT2D eigenvalue weighted by Crippen LogP contribution is 2.50. The molecular formula is C66H35BN2. The van der Waals surface area contributed by atoms with E-state index in [2.05, 4.69) is 221 Å². The number of nitrogens with zero attached hydrogens (tertiary/aromatic N) is 2. The number of hydrogen-bond donors (Lipinski definition) is 0. The maximum Gasteiger partial charge on any atom is 0.252 e. The molecule has 4 heterocycles. The van der Waals surface area contributed by atoms with Gasteiger partial charge < -0.3 is 9.13 Å². The van der Waals surface area contributed by atoms with Crippen LogP contribution in [0.4, 0.5) is 0 Å². The summed E-state index contributed by atoms with van der Waals surface area (Å²) in [6.07, 6.45) is 0. The van der Waals surface area contributed by atoms with Crippen molar-refractivity contribution in [1.29, 1.82) is 0 Å². The summed E-state index contributed by atoms with van der Waals surface area (Å²) < 4.78 is 5.31. The second-order valence-corrected chi connectivity index (χ2v) is 19.7. The lowest BCUT2D eigenvalue weighted by molar-refractivity contribution is 1.14. The number of para-hydroxylation sites is 1. The van der Waals surface area contributed by atoms with Crippen molar-refractivity contribution in [2.24, 2.45) is 0 Å². The Bertz CT molecular complexity index is 5110. The molecule has 0 saturated carbocycles. The summed E-state index contributed by atoms with van der Waals surface area (Å²) in [4.78, 5) is 0. The highest BCUT2D eigenvalue weighted by molar-refractivity contribution is 7.01. The lowest BCUT2D eigenvalue weighted by atomic mass is 9.34. The number of aromatic nitrogens is 2. The van der Waals surface area contributed by atoms with Gasteiger partial charge in [0, 0.05) is 49.1 Å². The summed E-state index contributed by atoms with van der Waals surface area (Å²) in [5, 5.41) is 28.8. The molecule has 14 aromatic carbocycles. The average Bonchev–Trinajstić information content (AvgIpc) is 3.96. The Labute approximate surface area is 394 Å². The fourth-order valence-electron chi connectivity index (χ4n) is 14.3. The predicted octanol–water partition coefficient (Wildman–Crippen LogP) is 15.4. The van der Waals surface area contributed by atoms with Crippen LogP contribution in [0.25, 0.3) is 152 Å². The molecule has 0 bridgehead atoms. The molecule has 0 amide bonds. The molecule has 2 nitrogen and oxygen atoms in total. The van der Waals surface area contributed by atoms with Crippen molar-refractivity contribution in [2.45, 2.75) is 0 Å². The van der Waals surface area contributed by atoms with E-state index >= 15 is 0 Å². The fourth-order valence-corrected chi connectivity index (χ4v) is 14.3. The summed E-state index contributed by atoms with van der Waals surface area (Å²) in [6, 6.07) is 81.1. The monoisotopic (exact) mass is 866 g/mol. The Morgan fingerprint density at radius 3 is 1.07 bits per heavy atom. The minimum atomic E-state index is -0.0390. The first-order chi connectivity index (χ1) is 34.3. The second kappa shape index (κ2) is 12.2. The zero-order valence-corrected chi connectivity index (χ0v) is 37.2. The summed E-state index contributed by atoms with van der Waals surface area (Å²) in [5.74, 6) is 0. The first-order valence-corrected chi connectivity index (χ1v) is 24.3. The van der Waals surface area contributed by atoms with Crippen LogP contribution in [-0.4, -0.2) is 15.8 Å². The van der Waals surface area contributed by atoms with E-state index in [1.807, 2.05) is 0 Å². The van der Waals surface area contributed by atoms with Crippen molar-refractivity contribution in [3.63, 3.8) is 0 Å². The van der Waals surface area contributed by atoms with Gasteiger partial charge in [0.25, 0.3) is 6.71 Å². The van der Waals surface area contributed by atoms with Crippen molar-refractivity contribution >= 4 is 164 Å². The van der Waals surface area contributed by atoms with Crippen LogP contribution in [0.15, 0.2) is 212 Å². The van der Waals surface area contributed by atoms with E-state index in [4.69, 9.17) is 0 Å². The third-order valence-corrected chi connectivity index (χ3v) is 16.8. The third-order valence-electron chi connectivity index (χ3n) is 16.8. The largest absolute Gasteiger partial charge is 0.310 e. The van der Waals surface area contributed by atoms with Crippen molar-refractivity contribution in [2.75, 3.05) is 0 Å². The molecule has 312 valence electrons. The van der Waals surface area contributed by atoms with E-state index < -0.39 is 0 Å². The van der Waals surface area contributed by atoms with Crippen LogP contribution in [0.2, 0.25) is 0 Å². The molecule has 0 aliphatic carbocycles. The van der Waals surface area contributed by atoms with Crippen molar-refractivity contribution in [3.8, 4) is 11.4 Å². The maximum atomic E-state index is 2.68. The molecule has 0 saturated heterocycles.